The minimum Gasteiger partial charge on any atom is -0.355 e. The van der Waals surface area contributed by atoms with Crippen molar-refractivity contribution >= 4 is 33.0 Å². The molecule has 0 spiro atoms. The van der Waals surface area contributed by atoms with Gasteiger partial charge in [0.1, 0.15) is 0 Å². The fourth-order valence-corrected chi connectivity index (χ4v) is 5.58. The van der Waals surface area contributed by atoms with Crippen LogP contribution in [0.15, 0.2) is 33.5 Å². The monoisotopic (exact) mass is 640 g/mol. The second kappa shape index (κ2) is 12.7. The second-order valence-electron chi connectivity index (χ2n) is 10.2. The summed E-state index contributed by atoms with van der Waals surface area (Å²) in [5.74, 6) is -8.25. The minimum absolute atomic E-state index is 0.0228. The van der Waals surface area contributed by atoms with Crippen LogP contribution in [0.2, 0.25) is 0 Å². The lowest BCUT2D eigenvalue weighted by Gasteiger charge is -2.37. The third-order valence-corrected chi connectivity index (χ3v) is 8.39. The van der Waals surface area contributed by atoms with E-state index in [1.165, 1.54) is 36.1 Å². The van der Waals surface area contributed by atoms with Gasteiger partial charge in [-0.2, -0.15) is 17.5 Å². The van der Waals surface area contributed by atoms with Crippen molar-refractivity contribution in [1.82, 2.24) is 15.1 Å². The van der Waals surface area contributed by atoms with Gasteiger partial charge < -0.3 is 10.2 Å². The van der Waals surface area contributed by atoms with Gasteiger partial charge in [0.15, 0.2) is 11.5 Å². The zero-order valence-electron chi connectivity index (χ0n) is 23.8. The van der Waals surface area contributed by atoms with Crippen LogP contribution < -0.4 is 10.2 Å². The number of hydrogen-bond acceptors (Lipinski definition) is 7. The van der Waals surface area contributed by atoms with Crippen LogP contribution in [0.3, 0.4) is 0 Å². The number of alkyl halides is 7. The Labute approximate surface area is 244 Å². The van der Waals surface area contributed by atoms with Gasteiger partial charge in [0.2, 0.25) is 5.92 Å². The minimum atomic E-state index is -4.97. The molecule has 1 unspecified atom stereocenters. The first-order valence-electron chi connectivity index (χ1n) is 13.1. The zero-order valence-corrected chi connectivity index (χ0v) is 24.6. The van der Waals surface area contributed by atoms with Gasteiger partial charge in [-0.25, -0.2) is 21.8 Å². The Morgan fingerprint density at radius 1 is 1.14 bits per heavy atom. The van der Waals surface area contributed by atoms with E-state index in [1.54, 1.807) is 6.92 Å². The number of likely N-dealkylation sites (tertiary alicyclic amines) is 1. The Bertz CT molecular complexity index is 1480. The van der Waals surface area contributed by atoms with Crippen LogP contribution in [0.4, 0.5) is 42.2 Å². The molecule has 0 bridgehead atoms. The van der Waals surface area contributed by atoms with E-state index in [0.717, 1.165) is 18.1 Å². The maximum atomic E-state index is 14.0. The molecular formula is C26H31F7N6O3S. The van der Waals surface area contributed by atoms with E-state index < -0.39 is 88.9 Å². The highest BCUT2D eigenvalue weighted by Gasteiger charge is 2.44. The van der Waals surface area contributed by atoms with Crippen LogP contribution >= 0.6 is 0 Å². The molecule has 1 atom stereocenters. The molecule has 2 aromatic rings. The third kappa shape index (κ3) is 8.61. The van der Waals surface area contributed by atoms with Gasteiger partial charge in [0.25, 0.3) is 17.7 Å². The Kier molecular flexibility index (Phi) is 10.1. The number of nitrogens with one attached hydrogen (secondary N) is 1. The van der Waals surface area contributed by atoms with Crippen LogP contribution in [-0.4, -0.2) is 81.9 Å². The van der Waals surface area contributed by atoms with Crippen molar-refractivity contribution in [2.75, 3.05) is 49.2 Å². The van der Waals surface area contributed by atoms with Gasteiger partial charge in [-0.15, -0.1) is 10.2 Å². The molecule has 1 aromatic carbocycles. The van der Waals surface area contributed by atoms with Crippen molar-refractivity contribution < 1.29 is 44.5 Å². The Hall–Kier alpha value is -3.34. The van der Waals surface area contributed by atoms with Gasteiger partial charge in [-0.05, 0) is 37.6 Å². The SMILES string of the molecule is CCN(CCC(F)(F)CC)c1nnc(C(F)(F)F)c(C)c1C(=O)Nc1cccc(S(C)(=O)=NC(=O)CN2CC(F)(F)C2)c1. The number of anilines is 2. The van der Waals surface area contributed by atoms with Gasteiger partial charge in [-0.3, -0.25) is 14.5 Å². The molecule has 1 N–H and O–H groups in total. The number of rotatable bonds is 11. The van der Waals surface area contributed by atoms with Crippen LogP contribution in [-0.2, 0) is 20.7 Å². The standard InChI is InChI=1S/C26H31F7N6O3S/c1-5-24(27,28)10-11-39(6-2)22-20(16(3)21(35-36-22)26(31,32)33)23(41)34-17-8-7-9-18(12-17)43(4,42)37-19(40)13-38-14-25(29,30)15-38/h7-9,12H,5-6,10-11,13-15H2,1-4H3,(H,34,41). The molecule has 1 fully saturated rings. The average Bonchev–Trinajstić information content (AvgIpc) is 2.87. The molecule has 9 nitrogen and oxygen atoms in total. The van der Waals surface area contributed by atoms with E-state index in [9.17, 15) is 44.5 Å². The summed E-state index contributed by atoms with van der Waals surface area (Å²) in [5.41, 5.74) is -2.58. The normalized spacial score (nSPS) is 16.6. The van der Waals surface area contributed by atoms with Gasteiger partial charge in [0, 0.05) is 42.8 Å². The lowest BCUT2D eigenvalue weighted by atomic mass is 10.1. The van der Waals surface area contributed by atoms with Crippen LogP contribution in [0.5, 0.6) is 0 Å². The van der Waals surface area contributed by atoms with Crippen LogP contribution in [0, 0.1) is 6.92 Å². The van der Waals surface area contributed by atoms with E-state index in [2.05, 4.69) is 19.9 Å². The molecule has 0 saturated carbocycles. The van der Waals surface area contributed by atoms with E-state index in [-0.39, 0.29) is 29.5 Å². The topological polar surface area (TPSA) is 108 Å². The highest BCUT2D eigenvalue weighted by Crippen LogP contribution is 2.35. The Morgan fingerprint density at radius 3 is 2.35 bits per heavy atom. The molecule has 3 rings (SSSR count). The third-order valence-electron chi connectivity index (χ3n) is 6.71. The average molecular weight is 641 g/mol. The summed E-state index contributed by atoms with van der Waals surface area (Å²) in [6, 6.07) is 5.23. The maximum Gasteiger partial charge on any atom is 0.435 e. The zero-order chi connectivity index (χ0) is 32.4. The number of nitrogens with zero attached hydrogens (tertiary/aromatic N) is 5. The number of halogens is 7. The summed E-state index contributed by atoms with van der Waals surface area (Å²) in [7, 11) is -3.42. The molecule has 1 aliphatic rings. The number of carbonyl (C=O) groups excluding carboxylic acids is 2. The molecule has 1 aromatic heterocycles. The molecular weight excluding hydrogens is 609 g/mol. The fraction of sp³-hybridized carbons (Fsp3) is 0.538. The molecule has 2 heterocycles. The molecule has 1 saturated heterocycles. The van der Waals surface area contributed by atoms with Crippen molar-refractivity contribution in [2.24, 2.45) is 4.36 Å². The van der Waals surface area contributed by atoms with Crippen molar-refractivity contribution in [3.8, 4) is 0 Å². The first-order chi connectivity index (χ1) is 19.8. The Morgan fingerprint density at radius 2 is 1.79 bits per heavy atom. The summed E-state index contributed by atoms with van der Waals surface area (Å²) in [6.07, 6.45) is -4.94. The van der Waals surface area contributed by atoms with Gasteiger partial charge >= 0.3 is 6.18 Å². The highest BCUT2D eigenvalue weighted by atomic mass is 32.2. The predicted molar refractivity (Wildman–Crippen MR) is 145 cm³/mol. The summed E-state index contributed by atoms with van der Waals surface area (Å²) in [6.45, 7) is 1.84. The smallest absolute Gasteiger partial charge is 0.355 e. The molecule has 17 heteroatoms. The fourth-order valence-electron chi connectivity index (χ4n) is 4.35. The Balaban J connectivity index is 1.93. The lowest BCUT2D eigenvalue weighted by Crippen LogP contribution is -2.57. The molecule has 0 aliphatic carbocycles. The first kappa shape index (κ1) is 34.2. The van der Waals surface area contributed by atoms with E-state index >= 15 is 0 Å². The first-order valence-corrected chi connectivity index (χ1v) is 15.0. The molecule has 0 radical (unpaired) electrons. The van der Waals surface area contributed by atoms with Crippen LogP contribution in [0.25, 0.3) is 0 Å². The van der Waals surface area contributed by atoms with Crippen molar-refractivity contribution in [3.05, 3.63) is 41.1 Å². The molecule has 43 heavy (non-hydrogen) atoms. The van der Waals surface area contributed by atoms with E-state index in [0.29, 0.717) is 0 Å². The number of aromatic nitrogens is 2. The molecule has 238 valence electrons. The summed E-state index contributed by atoms with van der Waals surface area (Å²) >= 11 is 0. The highest BCUT2D eigenvalue weighted by molar-refractivity contribution is 7.93. The van der Waals surface area contributed by atoms with E-state index in [4.69, 9.17) is 0 Å². The summed E-state index contributed by atoms with van der Waals surface area (Å²) in [5, 5.41) is 9.25. The van der Waals surface area contributed by atoms with Gasteiger partial charge in [-0.1, -0.05) is 13.0 Å². The van der Waals surface area contributed by atoms with E-state index in [1.807, 2.05) is 0 Å². The summed E-state index contributed by atoms with van der Waals surface area (Å²) in [4.78, 5) is 28.0. The predicted octanol–water partition coefficient (Wildman–Crippen LogP) is 5.25. The number of amides is 2. The quantitative estimate of drug-likeness (QED) is 0.335. The van der Waals surface area contributed by atoms with Gasteiger partial charge in [0.05, 0.1) is 34.9 Å². The van der Waals surface area contributed by atoms with Crippen molar-refractivity contribution in [3.63, 3.8) is 0 Å². The summed E-state index contributed by atoms with van der Waals surface area (Å²) < 4.78 is 112. The van der Waals surface area contributed by atoms with Crippen LogP contribution in [0.1, 0.15) is 48.3 Å². The largest absolute Gasteiger partial charge is 0.435 e. The lowest BCUT2D eigenvalue weighted by molar-refractivity contribution is -0.143. The number of hydrogen-bond donors (Lipinski definition) is 1. The van der Waals surface area contributed by atoms with Crippen molar-refractivity contribution in [2.45, 2.75) is 56.5 Å². The second-order valence-corrected chi connectivity index (χ2v) is 12.4. The molecule has 1 aliphatic heterocycles. The van der Waals surface area contributed by atoms with Crippen molar-refractivity contribution in [1.29, 1.82) is 0 Å². The maximum absolute atomic E-state index is 14.0. The number of benzene rings is 1. The number of carbonyl (C=O) groups is 2. The molecule has 2 amide bonds.